The Morgan fingerprint density at radius 3 is 2.60 bits per heavy atom. The fourth-order valence-electron chi connectivity index (χ4n) is 6.89. The topological polar surface area (TPSA) is 84.2 Å². The van der Waals surface area contributed by atoms with E-state index >= 15 is 0 Å². The van der Waals surface area contributed by atoms with Crippen LogP contribution in [0.1, 0.15) is 50.5 Å². The molecule has 30 heavy (non-hydrogen) atoms. The van der Waals surface area contributed by atoms with Crippen LogP contribution in [0.3, 0.4) is 0 Å². The number of aliphatic carboxylic acids is 1. The minimum Gasteiger partial charge on any atom is -0.481 e. The van der Waals surface area contributed by atoms with E-state index < -0.39 is 11.5 Å². The number of rotatable bonds is 5. The zero-order valence-corrected chi connectivity index (χ0v) is 17.8. The SMILES string of the molecule is Cc1ccccc1Nc1cnn(C23CC4CC(CC(CC(=O)O)(C4)C2)C3)c(=O)c1Cl. The number of nitrogens with zero attached hydrogens (tertiary/aromatic N) is 2. The summed E-state index contributed by atoms with van der Waals surface area (Å²) < 4.78 is 1.59. The molecule has 6 rings (SSSR count). The van der Waals surface area contributed by atoms with Gasteiger partial charge in [-0.3, -0.25) is 9.59 Å². The first-order chi connectivity index (χ1) is 14.3. The molecule has 2 N–H and O–H groups in total. The van der Waals surface area contributed by atoms with Crippen molar-refractivity contribution in [2.45, 2.75) is 57.4 Å². The summed E-state index contributed by atoms with van der Waals surface area (Å²) >= 11 is 6.53. The van der Waals surface area contributed by atoms with Crippen molar-refractivity contribution in [2.24, 2.45) is 17.3 Å². The lowest BCUT2D eigenvalue weighted by molar-refractivity contribution is -0.151. The summed E-state index contributed by atoms with van der Waals surface area (Å²) in [7, 11) is 0. The predicted molar refractivity (Wildman–Crippen MR) is 115 cm³/mol. The average Bonchev–Trinajstić information content (AvgIpc) is 2.65. The molecule has 1 heterocycles. The Balaban J connectivity index is 1.52. The first kappa shape index (κ1) is 19.6. The number of halogens is 1. The maximum absolute atomic E-state index is 13.3. The van der Waals surface area contributed by atoms with Crippen LogP contribution in [0.15, 0.2) is 35.3 Å². The second-order valence-corrected chi connectivity index (χ2v) is 10.2. The van der Waals surface area contributed by atoms with Gasteiger partial charge in [-0.15, -0.1) is 0 Å². The molecule has 4 saturated carbocycles. The number of hydrogen-bond donors (Lipinski definition) is 2. The normalized spacial score (nSPS) is 31.7. The van der Waals surface area contributed by atoms with Crippen LogP contribution in [0.4, 0.5) is 11.4 Å². The van der Waals surface area contributed by atoms with Crippen molar-refractivity contribution >= 4 is 28.9 Å². The highest BCUT2D eigenvalue weighted by Gasteiger charge is 2.59. The van der Waals surface area contributed by atoms with Gasteiger partial charge in [0.15, 0.2) is 0 Å². The molecule has 0 aliphatic heterocycles. The van der Waals surface area contributed by atoms with Gasteiger partial charge in [0.05, 0.1) is 23.8 Å². The summed E-state index contributed by atoms with van der Waals surface area (Å²) in [6.07, 6.45) is 7.33. The summed E-state index contributed by atoms with van der Waals surface area (Å²) in [5.41, 5.74) is 1.51. The molecule has 2 aromatic rings. The summed E-state index contributed by atoms with van der Waals surface area (Å²) in [6.45, 7) is 1.99. The van der Waals surface area contributed by atoms with Gasteiger partial charge < -0.3 is 10.4 Å². The lowest BCUT2D eigenvalue weighted by Crippen LogP contribution is -2.59. The molecule has 4 aliphatic carbocycles. The number of hydrogen-bond acceptors (Lipinski definition) is 4. The standard InChI is InChI=1S/C23H26ClN3O3/c1-14-4-2-3-5-17(14)26-18-12-25-27(21(30)20(18)24)23-9-15-6-16(10-23)8-22(7-15,13-23)11-19(28)29/h2-5,12,15-16,26H,6-11,13H2,1H3,(H,28,29). The number of benzene rings is 1. The molecule has 4 bridgehead atoms. The number of carbonyl (C=O) groups is 1. The van der Waals surface area contributed by atoms with Crippen molar-refractivity contribution in [3.63, 3.8) is 0 Å². The van der Waals surface area contributed by atoms with Crippen molar-refractivity contribution in [3.05, 3.63) is 51.4 Å². The fourth-order valence-corrected chi connectivity index (χ4v) is 7.07. The first-order valence-electron chi connectivity index (χ1n) is 10.6. The number of anilines is 2. The molecule has 2 unspecified atom stereocenters. The maximum Gasteiger partial charge on any atom is 0.303 e. The molecule has 0 radical (unpaired) electrons. The van der Waals surface area contributed by atoms with Crippen LogP contribution in [-0.4, -0.2) is 20.9 Å². The highest BCUT2D eigenvalue weighted by Crippen LogP contribution is 2.65. The molecule has 2 atom stereocenters. The zero-order chi connectivity index (χ0) is 21.1. The van der Waals surface area contributed by atoms with E-state index in [0.717, 1.165) is 43.4 Å². The van der Waals surface area contributed by atoms with Crippen LogP contribution < -0.4 is 10.9 Å². The van der Waals surface area contributed by atoms with Gasteiger partial charge in [0.25, 0.3) is 5.56 Å². The predicted octanol–water partition coefficient (Wildman–Crippen LogP) is 4.72. The molecule has 1 aromatic carbocycles. The van der Waals surface area contributed by atoms with Crippen molar-refractivity contribution in [2.75, 3.05) is 5.32 Å². The largest absolute Gasteiger partial charge is 0.481 e. The number of aryl methyl sites for hydroxylation is 1. The maximum atomic E-state index is 13.3. The van der Waals surface area contributed by atoms with Gasteiger partial charge in [0.2, 0.25) is 0 Å². The molecule has 0 amide bonds. The Hall–Kier alpha value is -2.34. The highest BCUT2D eigenvalue weighted by molar-refractivity contribution is 6.33. The molecular formula is C23H26ClN3O3. The van der Waals surface area contributed by atoms with Crippen molar-refractivity contribution in [1.29, 1.82) is 0 Å². The van der Waals surface area contributed by atoms with Gasteiger partial charge in [-0.25, -0.2) is 4.68 Å². The van der Waals surface area contributed by atoms with E-state index in [0.29, 0.717) is 23.9 Å². The van der Waals surface area contributed by atoms with Crippen LogP contribution in [-0.2, 0) is 10.3 Å². The van der Waals surface area contributed by atoms with Gasteiger partial charge in [-0.1, -0.05) is 29.8 Å². The van der Waals surface area contributed by atoms with Crippen LogP contribution in [0.2, 0.25) is 5.02 Å². The fraction of sp³-hybridized carbons (Fsp3) is 0.522. The smallest absolute Gasteiger partial charge is 0.303 e. The van der Waals surface area contributed by atoms with E-state index in [1.165, 1.54) is 0 Å². The second kappa shape index (κ2) is 6.84. The third-order valence-corrected chi connectivity index (χ3v) is 7.83. The van der Waals surface area contributed by atoms with Gasteiger partial charge in [0, 0.05) is 5.69 Å². The van der Waals surface area contributed by atoms with Gasteiger partial charge in [-0.05, 0) is 74.3 Å². The molecule has 4 aliphatic rings. The third kappa shape index (κ3) is 3.13. The summed E-state index contributed by atoms with van der Waals surface area (Å²) in [5.74, 6) is 0.175. The quantitative estimate of drug-likeness (QED) is 0.721. The minimum absolute atomic E-state index is 0.135. The number of carboxylic acids is 1. The number of para-hydroxylation sites is 1. The van der Waals surface area contributed by atoms with Crippen molar-refractivity contribution in [3.8, 4) is 0 Å². The number of carboxylic acid groups (broad SMARTS) is 1. The Morgan fingerprint density at radius 1 is 1.23 bits per heavy atom. The molecule has 7 heteroatoms. The first-order valence-corrected chi connectivity index (χ1v) is 11.0. The number of aromatic nitrogens is 2. The second-order valence-electron chi connectivity index (χ2n) is 9.78. The van der Waals surface area contributed by atoms with Gasteiger partial charge >= 0.3 is 5.97 Å². The van der Waals surface area contributed by atoms with Gasteiger partial charge in [0.1, 0.15) is 5.02 Å². The van der Waals surface area contributed by atoms with Crippen molar-refractivity contribution in [1.82, 2.24) is 9.78 Å². The third-order valence-electron chi connectivity index (χ3n) is 7.46. The lowest BCUT2D eigenvalue weighted by atomic mass is 9.46. The minimum atomic E-state index is -0.747. The molecule has 6 nitrogen and oxygen atoms in total. The van der Waals surface area contributed by atoms with E-state index in [-0.39, 0.29) is 22.4 Å². The zero-order valence-electron chi connectivity index (χ0n) is 17.0. The Labute approximate surface area is 180 Å². The molecule has 158 valence electrons. The van der Waals surface area contributed by atoms with Crippen molar-refractivity contribution < 1.29 is 9.90 Å². The molecule has 1 aromatic heterocycles. The van der Waals surface area contributed by atoms with E-state index in [4.69, 9.17) is 11.6 Å². The molecule has 4 fully saturated rings. The van der Waals surface area contributed by atoms with E-state index in [2.05, 4.69) is 10.4 Å². The molecule has 0 saturated heterocycles. The Kier molecular flexibility index (Phi) is 4.47. The summed E-state index contributed by atoms with van der Waals surface area (Å²) in [4.78, 5) is 24.9. The van der Waals surface area contributed by atoms with E-state index in [1.54, 1.807) is 10.9 Å². The Morgan fingerprint density at radius 2 is 1.93 bits per heavy atom. The van der Waals surface area contributed by atoms with Crippen LogP contribution >= 0.6 is 11.6 Å². The summed E-state index contributed by atoms with van der Waals surface area (Å²) in [5, 5.41) is 17.5. The van der Waals surface area contributed by atoms with Crippen LogP contribution in [0.25, 0.3) is 0 Å². The van der Waals surface area contributed by atoms with E-state index in [1.807, 2.05) is 31.2 Å². The average molecular weight is 428 g/mol. The highest BCUT2D eigenvalue weighted by atomic mass is 35.5. The monoisotopic (exact) mass is 427 g/mol. The van der Waals surface area contributed by atoms with Crippen LogP contribution in [0.5, 0.6) is 0 Å². The lowest BCUT2D eigenvalue weighted by Gasteiger charge is -2.61. The van der Waals surface area contributed by atoms with Crippen LogP contribution in [0, 0.1) is 24.2 Å². The number of nitrogens with one attached hydrogen (secondary N) is 1. The van der Waals surface area contributed by atoms with Gasteiger partial charge in [-0.2, -0.15) is 5.10 Å². The Bertz CT molecular complexity index is 1070. The molecule has 0 spiro atoms. The van der Waals surface area contributed by atoms with E-state index in [9.17, 15) is 14.7 Å². The summed E-state index contributed by atoms with van der Waals surface area (Å²) in [6, 6.07) is 7.81. The molecular weight excluding hydrogens is 402 g/mol.